The van der Waals surface area contributed by atoms with Gasteiger partial charge in [-0.3, -0.25) is 9.69 Å². The minimum Gasteiger partial charge on any atom is -0.295 e. The van der Waals surface area contributed by atoms with Crippen molar-refractivity contribution >= 4 is 45.9 Å². The number of nitrogens with zero attached hydrogens (tertiary/aromatic N) is 1. The summed E-state index contributed by atoms with van der Waals surface area (Å²) in [4.78, 5) is 13.9. The van der Waals surface area contributed by atoms with Crippen molar-refractivity contribution in [1.82, 2.24) is 0 Å². The van der Waals surface area contributed by atoms with E-state index in [9.17, 15) is 9.18 Å². The summed E-state index contributed by atoms with van der Waals surface area (Å²) >= 11 is 3.76. The molecule has 102 valence electrons. The van der Waals surface area contributed by atoms with Crippen molar-refractivity contribution in [3.05, 3.63) is 63.5 Å². The molecule has 1 heterocycles. The summed E-state index contributed by atoms with van der Waals surface area (Å²) in [6.07, 6.45) is 0. The van der Waals surface area contributed by atoms with Gasteiger partial charge >= 0.3 is 0 Å². The maximum Gasteiger partial charge on any atom is 0.238 e. The molecule has 2 nitrogen and oxygen atoms in total. The van der Waals surface area contributed by atoms with Crippen LogP contribution in [0.25, 0.3) is 0 Å². The van der Waals surface area contributed by atoms with Crippen molar-refractivity contribution in [2.45, 2.75) is 5.37 Å². The van der Waals surface area contributed by atoms with Gasteiger partial charge in [-0.1, -0.05) is 12.1 Å². The molecule has 0 N–H and O–H groups in total. The number of benzene rings is 2. The lowest BCUT2D eigenvalue weighted by Crippen LogP contribution is -2.27. The van der Waals surface area contributed by atoms with Crippen LogP contribution in [0.2, 0.25) is 0 Å². The summed E-state index contributed by atoms with van der Waals surface area (Å²) in [6, 6.07) is 14.2. The van der Waals surface area contributed by atoms with Gasteiger partial charge in [0, 0.05) is 9.26 Å². The Kier molecular flexibility index (Phi) is 3.98. The van der Waals surface area contributed by atoms with Gasteiger partial charge in [0.05, 0.1) is 5.75 Å². The Balaban J connectivity index is 1.98. The quantitative estimate of drug-likeness (QED) is 0.706. The Bertz CT molecular complexity index is 647. The summed E-state index contributed by atoms with van der Waals surface area (Å²) in [5.41, 5.74) is 1.68. The van der Waals surface area contributed by atoms with Gasteiger partial charge in [0.2, 0.25) is 5.91 Å². The number of rotatable bonds is 2. The fourth-order valence-corrected chi connectivity index (χ4v) is 3.74. The molecular formula is C15H11FINOS. The van der Waals surface area contributed by atoms with E-state index in [2.05, 4.69) is 22.6 Å². The van der Waals surface area contributed by atoms with Crippen molar-refractivity contribution < 1.29 is 9.18 Å². The van der Waals surface area contributed by atoms with Crippen molar-refractivity contribution in [2.75, 3.05) is 10.7 Å². The molecule has 1 amide bonds. The summed E-state index contributed by atoms with van der Waals surface area (Å²) in [5, 5.41) is -0.154. The zero-order valence-corrected chi connectivity index (χ0v) is 13.4. The SMILES string of the molecule is O=C1CSC(c2cccc(F)c2)N1c1ccc(I)cc1. The van der Waals surface area contributed by atoms with Crippen LogP contribution < -0.4 is 4.90 Å². The molecule has 0 aromatic heterocycles. The van der Waals surface area contributed by atoms with Crippen LogP contribution in [0.4, 0.5) is 10.1 Å². The van der Waals surface area contributed by atoms with Crippen LogP contribution in [0.1, 0.15) is 10.9 Å². The Labute approximate surface area is 134 Å². The molecule has 2 aromatic rings. The molecule has 0 saturated carbocycles. The molecule has 1 unspecified atom stereocenters. The molecule has 1 saturated heterocycles. The van der Waals surface area contributed by atoms with Gasteiger partial charge in [0.1, 0.15) is 11.2 Å². The zero-order valence-electron chi connectivity index (χ0n) is 10.4. The predicted octanol–water partition coefficient (Wildman–Crippen LogP) is 4.21. The third kappa shape index (κ3) is 2.69. The Morgan fingerprint density at radius 1 is 1.20 bits per heavy atom. The molecule has 0 radical (unpaired) electrons. The van der Waals surface area contributed by atoms with Crippen LogP contribution in [0.15, 0.2) is 48.5 Å². The first-order valence-corrected chi connectivity index (χ1v) is 8.22. The molecule has 0 bridgehead atoms. The summed E-state index contributed by atoms with van der Waals surface area (Å²) in [5.74, 6) is 0.211. The molecule has 1 aliphatic heterocycles. The van der Waals surface area contributed by atoms with Gasteiger partial charge in [-0.2, -0.15) is 0 Å². The second kappa shape index (κ2) is 5.73. The molecule has 0 spiro atoms. The molecule has 2 aromatic carbocycles. The topological polar surface area (TPSA) is 20.3 Å². The van der Waals surface area contributed by atoms with Gasteiger partial charge in [-0.05, 0) is 64.6 Å². The van der Waals surface area contributed by atoms with Crippen LogP contribution in [0.5, 0.6) is 0 Å². The first-order chi connectivity index (χ1) is 9.65. The summed E-state index contributed by atoms with van der Waals surface area (Å²) in [6.45, 7) is 0. The van der Waals surface area contributed by atoms with E-state index in [4.69, 9.17) is 0 Å². The van der Waals surface area contributed by atoms with Crippen LogP contribution in [-0.4, -0.2) is 11.7 Å². The smallest absolute Gasteiger partial charge is 0.238 e. The Hall–Kier alpha value is -1.08. The molecule has 5 heteroatoms. The van der Waals surface area contributed by atoms with Gasteiger partial charge in [0.15, 0.2) is 0 Å². The number of amides is 1. The number of anilines is 1. The molecular weight excluding hydrogens is 388 g/mol. The van der Waals surface area contributed by atoms with E-state index >= 15 is 0 Å². The zero-order chi connectivity index (χ0) is 14.1. The lowest BCUT2D eigenvalue weighted by molar-refractivity contribution is -0.115. The van der Waals surface area contributed by atoms with E-state index in [1.54, 1.807) is 11.0 Å². The summed E-state index contributed by atoms with van der Waals surface area (Å²) < 4.78 is 14.5. The minimum atomic E-state index is -0.273. The normalized spacial score (nSPS) is 18.6. The number of halogens is 2. The second-order valence-corrected chi connectivity index (χ2v) is 6.77. The van der Waals surface area contributed by atoms with E-state index in [1.807, 2.05) is 30.3 Å². The van der Waals surface area contributed by atoms with E-state index in [-0.39, 0.29) is 17.1 Å². The molecule has 1 atom stereocenters. The number of thioether (sulfide) groups is 1. The van der Waals surface area contributed by atoms with Crippen molar-refractivity contribution in [1.29, 1.82) is 0 Å². The Morgan fingerprint density at radius 2 is 1.95 bits per heavy atom. The van der Waals surface area contributed by atoms with Gasteiger partial charge in [-0.25, -0.2) is 4.39 Å². The third-order valence-electron chi connectivity index (χ3n) is 3.11. The van der Waals surface area contributed by atoms with E-state index in [1.165, 1.54) is 23.9 Å². The fraction of sp³-hybridized carbons (Fsp3) is 0.133. The molecule has 0 aliphatic carbocycles. The van der Waals surface area contributed by atoms with Crippen molar-refractivity contribution in [3.8, 4) is 0 Å². The van der Waals surface area contributed by atoms with Gasteiger partial charge in [0.25, 0.3) is 0 Å². The van der Waals surface area contributed by atoms with Crippen molar-refractivity contribution in [2.24, 2.45) is 0 Å². The highest BCUT2D eigenvalue weighted by Gasteiger charge is 2.34. The number of carbonyl (C=O) groups is 1. The standard InChI is InChI=1S/C15H11FINOS/c16-11-3-1-2-10(8-11)15-18(14(19)9-20-15)13-6-4-12(17)5-7-13/h1-8,15H,9H2. The van der Waals surface area contributed by atoms with E-state index in [0.29, 0.717) is 5.75 Å². The maximum atomic E-state index is 13.4. The van der Waals surface area contributed by atoms with E-state index in [0.717, 1.165) is 14.8 Å². The molecule has 1 fully saturated rings. The van der Waals surface area contributed by atoms with Crippen LogP contribution in [0.3, 0.4) is 0 Å². The largest absolute Gasteiger partial charge is 0.295 e. The van der Waals surface area contributed by atoms with Crippen LogP contribution >= 0.6 is 34.4 Å². The molecule has 3 rings (SSSR count). The highest BCUT2D eigenvalue weighted by atomic mass is 127. The molecule has 20 heavy (non-hydrogen) atoms. The Morgan fingerprint density at radius 3 is 2.65 bits per heavy atom. The van der Waals surface area contributed by atoms with Gasteiger partial charge < -0.3 is 0 Å². The average Bonchev–Trinajstić information content (AvgIpc) is 2.82. The lowest BCUT2D eigenvalue weighted by Gasteiger charge is -2.24. The third-order valence-corrected chi connectivity index (χ3v) is 5.04. The second-order valence-electron chi connectivity index (χ2n) is 4.46. The minimum absolute atomic E-state index is 0.0606. The monoisotopic (exact) mass is 399 g/mol. The van der Waals surface area contributed by atoms with Gasteiger partial charge in [-0.15, -0.1) is 11.8 Å². The first-order valence-electron chi connectivity index (χ1n) is 6.10. The van der Waals surface area contributed by atoms with E-state index < -0.39 is 0 Å². The number of carbonyl (C=O) groups excluding carboxylic acids is 1. The number of hydrogen-bond acceptors (Lipinski definition) is 2. The van der Waals surface area contributed by atoms with Crippen LogP contribution in [-0.2, 0) is 4.79 Å². The first kappa shape index (κ1) is 13.9. The summed E-state index contributed by atoms with van der Waals surface area (Å²) in [7, 11) is 0. The molecule has 1 aliphatic rings. The maximum absolute atomic E-state index is 13.4. The highest BCUT2D eigenvalue weighted by Crippen LogP contribution is 2.41. The fourth-order valence-electron chi connectivity index (χ4n) is 2.21. The number of hydrogen-bond donors (Lipinski definition) is 0. The van der Waals surface area contributed by atoms with Crippen LogP contribution in [0, 0.1) is 9.39 Å². The lowest BCUT2D eigenvalue weighted by atomic mass is 10.2. The predicted molar refractivity (Wildman–Crippen MR) is 88.2 cm³/mol. The average molecular weight is 399 g/mol. The highest BCUT2D eigenvalue weighted by molar-refractivity contribution is 14.1. The van der Waals surface area contributed by atoms with Crippen molar-refractivity contribution in [3.63, 3.8) is 0 Å².